The van der Waals surface area contributed by atoms with Crippen LogP contribution in [-0.2, 0) is 4.79 Å². The number of thioether (sulfide) groups is 1. The molecule has 2 N–H and O–H groups in total. The Morgan fingerprint density at radius 2 is 2.16 bits per heavy atom. The molecule has 0 aliphatic carbocycles. The number of piperidine rings is 1. The molecular weight excluding hydrogens is 324 g/mol. The molecule has 19 heavy (non-hydrogen) atoms. The highest BCUT2D eigenvalue weighted by Crippen LogP contribution is 2.28. The topological polar surface area (TPSA) is 46.3 Å². The maximum atomic E-state index is 12.1. The predicted molar refractivity (Wildman–Crippen MR) is 84.3 cm³/mol. The Hall–Kier alpha value is -0.680. The smallest absolute Gasteiger partial charge is 0.232 e. The van der Waals surface area contributed by atoms with Crippen LogP contribution >= 0.6 is 27.7 Å². The first-order valence-electron chi connectivity index (χ1n) is 6.52. The van der Waals surface area contributed by atoms with Crippen molar-refractivity contribution < 1.29 is 4.79 Å². The average Bonchev–Trinajstić information content (AvgIpc) is 2.40. The molecule has 0 spiro atoms. The number of rotatable bonds is 3. The molecule has 5 heteroatoms. The molecule has 1 aliphatic rings. The van der Waals surface area contributed by atoms with Crippen molar-refractivity contribution in [3.63, 3.8) is 0 Å². The van der Waals surface area contributed by atoms with E-state index in [-0.39, 0.29) is 5.91 Å². The molecule has 1 aromatic carbocycles. The zero-order valence-electron chi connectivity index (χ0n) is 11.1. The summed E-state index contributed by atoms with van der Waals surface area (Å²) in [6, 6.07) is 5.73. The Morgan fingerprint density at radius 3 is 2.84 bits per heavy atom. The summed E-state index contributed by atoms with van der Waals surface area (Å²) in [5, 5.41) is 0. The summed E-state index contributed by atoms with van der Waals surface area (Å²) < 4.78 is 0.989. The van der Waals surface area contributed by atoms with E-state index in [1.165, 1.54) is 11.8 Å². The fourth-order valence-electron chi connectivity index (χ4n) is 2.12. The molecule has 0 radical (unpaired) electrons. The van der Waals surface area contributed by atoms with Crippen LogP contribution in [0.2, 0.25) is 0 Å². The number of benzene rings is 1. The van der Waals surface area contributed by atoms with Crippen molar-refractivity contribution in [1.29, 1.82) is 0 Å². The number of nitrogens with zero attached hydrogens (tertiary/aromatic N) is 1. The number of carbonyl (C=O) groups is 1. The Bertz CT molecular complexity index is 459. The summed E-state index contributed by atoms with van der Waals surface area (Å²) in [5.41, 5.74) is 6.64. The predicted octanol–water partition coefficient (Wildman–Crippen LogP) is 3.38. The summed E-state index contributed by atoms with van der Waals surface area (Å²) in [6.45, 7) is 4.04. The molecule has 0 unspecified atom stereocenters. The van der Waals surface area contributed by atoms with Crippen molar-refractivity contribution in [2.24, 2.45) is 5.92 Å². The Morgan fingerprint density at radius 1 is 1.47 bits per heavy atom. The molecule has 0 aromatic heterocycles. The normalized spacial score (nSPS) is 16.6. The number of halogens is 1. The summed E-state index contributed by atoms with van der Waals surface area (Å²) >= 11 is 4.94. The van der Waals surface area contributed by atoms with Gasteiger partial charge >= 0.3 is 0 Å². The van der Waals surface area contributed by atoms with Crippen molar-refractivity contribution in [2.45, 2.75) is 24.7 Å². The van der Waals surface area contributed by atoms with Crippen LogP contribution in [0.5, 0.6) is 0 Å². The highest BCUT2D eigenvalue weighted by molar-refractivity contribution is 9.10. The third-order valence-electron chi connectivity index (χ3n) is 3.46. The second-order valence-corrected chi connectivity index (χ2v) is 6.97. The summed E-state index contributed by atoms with van der Waals surface area (Å²) in [7, 11) is 0. The third kappa shape index (κ3) is 4.14. The summed E-state index contributed by atoms with van der Waals surface area (Å²) in [5.74, 6) is 1.43. The van der Waals surface area contributed by atoms with E-state index in [1.54, 1.807) is 0 Å². The molecule has 0 atom stereocenters. The van der Waals surface area contributed by atoms with Crippen LogP contribution in [0.15, 0.2) is 27.6 Å². The molecule has 0 saturated carbocycles. The minimum atomic E-state index is 0.219. The fourth-order valence-corrected chi connectivity index (χ4v) is 3.54. The minimum absolute atomic E-state index is 0.219. The molecule has 1 heterocycles. The molecule has 1 aliphatic heterocycles. The van der Waals surface area contributed by atoms with E-state index in [0.717, 1.165) is 46.9 Å². The van der Waals surface area contributed by atoms with Gasteiger partial charge in [-0.2, -0.15) is 0 Å². The van der Waals surface area contributed by atoms with Gasteiger partial charge in [0, 0.05) is 28.1 Å². The van der Waals surface area contributed by atoms with E-state index >= 15 is 0 Å². The first kappa shape index (κ1) is 14.7. The van der Waals surface area contributed by atoms with Gasteiger partial charge in [-0.25, -0.2) is 0 Å². The van der Waals surface area contributed by atoms with E-state index in [1.807, 2.05) is 23.1 Å². The standard InChI is InChI=1S/C14H19BrN2OS/c1-10-4-6-17(7-5-10)14(18)9-19-13-8-11(15)2-3-12(13)16/h2-3,8,10H,4-7,9,16H2,1H3. The maximum absolute atomic E-state index is 12.1. The van der Waals surface area contributed by atoms with Crippen LogP contribution in [0.4, 0.5) is 5.69 Å². The van der Waals surface area contributed by atoms with Crippen LogP contribution in [0.3, 0.4) is 0 Å². The maximum Gasteiger partial charge on any atom is 0.232 e. The Kier molecular flexibility index (Phi) is 5.16. The van der Waals surface area contributed by atoms with E-state index in [2.05, 4.69) is 22.9 Å². The van der Waals surface area contributed by atoms with Crippen molar-refractivity contribution in [3.05, 3.63) is 22.7 Å². The quantitative estimate of drug-likeness (QED) is 0.676. The number of hydrogen-bond donors (Lipinski definition) is 1. The van der Waals surface area contributed by atoms with Crippen LogP contribution in [-0.4, -0.2) is 29.6 Å². The van der Waals surface area contributed by atoms with Gasteiger partial charge in [-0.1, -0.05) is 22.9 Å². The lowest BCUT2D eigenvalue weighted by Crippen LogP contribution is -2.38. The number of amides is 1. The van der Waals surface area contributed by atoms with Gasteiger partial charge in [0.2, 0.25) is 5.91 Å². The molecule has 1 aromatic rings. The lowest BCUT2D eigenvalue weighted by molar-refractivity contribution is -0.129. The fraction of sp³-hybridized carbons (Fsp3) is 0.500. The van der Waals surface area contributed by atoms with Crippen LogP contribution in [0, 0.1) is 5.92 Å². The molecule has 1 saturated heterocycles. The lowest BCUT2D eigenvalue weighted by atomic mass is 9.99. The number of likely N-dealkylation sites (tertiary alicyclic amines) is 1. The van der Waals surface area contributed by atoms with Crippen LogP contribution in [0.25, 0.3) is 0 Å². The Labute approximate surface area is 127 Å². The van der Waals surface area contributed by atoms with Crippen molar-refractivity contribution in [2.75, 3.05) is 24.6 Å². The third-order valence-corrected chi connectivity index (χ3v) is 5.01. The summed E-state index contributed by atoms with van der Waals surface area (Å²) in [4.78, 5) is 15.1. The Balaban J connectivity index is 1.88. The van der Waals surface area contributed by atoms with Gasteiger partial charge in [-0.15, -0.1) is 11.8 Å². The van der Waals surface area contributed by atoms with E-state index in [0.29, 0.717) is 5.75 Å². The molecule has 1 amide bonds. The SMILES string of the molecule is CC1CCN(C(=O)CSc2cc(Br)ccc2N)CC1. The van der Waals surface area contributed by atoms with Crippen molar-refractivity contribution in [1.82, 2.24) is 4.90 Å². The van der Waals surface area contributed by atoms with Gasteiger partial charge in [0.25, 0.3) is 0 Å². The van der Waals surface area contributed by atoms with Crippen molar-refractivity contribution >= 4 is 39.3 Å². The first-order chi connectivity index (χ1) is 9.06. The number of anilines is 1. The number of nitrogens with two attached hydrogens (primary N) is 1. The largest absolute Gasteiger partial charge is 0.398 e. The molecule has 0 bridgehead atoms. The number of hydrogen-bond acceptors (Lipinski definition) is 3. The highest BCUT2D eigenvalue weighted by atomic mass is 79.9. The highest BCUT2D eigenvalue weighted by Gasteiger charge is 2.20. The molecule has 3 nitrogen and oxygen atoms in total. The van der Waals surface area contributed by atoms with Gasteiger partial charge in [0.15, 0.2) is 0 Å². The van der Waals surface area contributed by atoms with E-state index in [9.17, 15) is 4.79 Å². The second kappa shape index (κ2) is 6.66. The molecule has 1 fully saturated rings. The van der Waals surface area contributed by atoms with Gasteiger partial charge in [-0.3, -0.25) is 4.79 Å². The monoisotopic (exact) mass is 342 g/mol. The number of nitrogen functional groups attached to an aromatic ring is 1. The lowest BCUT2D eigenvalue weighted by Gasteiger charge is -2.30. The summed E-state index contributed by atoms with van der Waals surface area (Å²) in [6.07, 6.45) is 2.24. The van der Waals surface area contributed by atoms with E-state index < -0.39 is 0 Å². The first-order valence-corrected chi connectivity index (χ1v) is 8.29. The second-order valence-electron chi connectivity index (χ2n) is 5.03. The zero-order chi connectivity index (χ0) is 13.8. The average molecular weight is 343 g/mol. The molecular formula is C14H19BrN2OS. The van der Waals surface area contributed by atoms with Gasteiger partial charge in [0.1, 0.15) is 0 Å². The van der Waals surface area contributed by atoms with E-state index in [4.69, 9.17) is 5.73 Å². The van der Waals surface area contributed by atoms with Gasteiger partial charge < -0.3 is 10.6 Å². The molecule has 2 rings (SSSR count). The van der Waals surface area contributed by atoms with Gasteiger partial charge in [-0.05, 0) is 37.0 Å². The van der Waals surface area contributed by atoms with Crippen LogP contribution in [0.1, 0.15) is 19.8 Å². The van der Waals surface area contributed by atoms with Crippen LogP contribution < -0.4 is 5.73 Å². The zero-order valence-corrected chi connectivity index (χ0v) is 13.5. The molecule has 104 valence electrons. The minimum Gasteiger partial charge on any atom is -0.398 e. The van der Waals surface area contributed by atoms with Gasteiger partial charge in [0.05, 0.1) is 5.75 Å². The van der Waals surface area contributed by atoms with Crippen molar-refractivity contribution in [3.8, 4) is 0 Å². The number of carbonyl (C=O) groups excluding carboxylic acids is 1.